The molecule has 5 aromatic rings. The lowest BCUT2D eigenvalue weighted by molar-refractivity contribution is 0.485. The second-order valence-electron chi connectivity index (χ2n) is 7.18. The highest BCUT2D eigenvalue weighted by atomic mass is 35.7. The fourth-order valence-corrected chi connectivity index (χ4v) is 4.44. The van der Waals surface area contributed by atoms with Gasteiger partial charge in [0.2, 0.25) is 0 Å². The van der Waals surface area contributed by atoms with Crippen molar-refractivity contribution in [3.8, 4) is 23.0 Å². The molecule has 0 spiro atoms. The van der Waals surface area contributed by atoms with Crippen molar-refractivity contribution in [2.75, 3.05) is 0 Å². The highest BCUT2D eigenvalue weighted by molar-refractivity contribution is 8.13. The molecule has 5 rings (SSSR count). The van der Waals surface area contributed by atoms with Crippen LogP contribution >= 0.6 is 10.7 Å². The Hall–Kier alpha value is -3.54. The van der Waals surface area contributed by atoms with Crippen molar-refractivity contribution in [2.45, 2.75) is 4.90 Å². The third-order valence-corrected chi connectivity index (χ3v) is 6.46. The van der Waals surface area contributed by atoms with E-state index >= 15 is 0 Å². The summed E-state index contributed by atoms with van der Waals surface area (Å²) in [6.07, 6.45) is 0. The van der Waals surface area contributed by atoms with E-state index in [1.165, 1.54) is 12.1 Å². The average molecular weight is 461 g/mol. The van der Waals surface area contributed by atoms with Crippen molar-refractivity contribution in [3.05, 3.63) is 103 Å². The summed E-state index contributed by atoms with van der Waals surface area (Å²) in [5.41, 5.74) is 0. The first kappa shape index (κ1) is 20.4. The van der Waals surface area contributed by atoms with Crippen LogP contribution in [0.25, 0.3) is 21.5 Å². The first-order valence-corrected chi connectivity index (χ1v) is 12.2. The van der Waals surface area contributed by atoms with Crippen molar-refractivity contribution in [1.29, 1.82) is 0 Å². The molecule has 0 aliphatic rings. The number of rotatable bonds is 5. The Kier molecular flexibility index (Phi) is 5.21. The fraction of sp³-hybridized carbons (Fsp3) is 0. The second kappa shape index (κ2) is 8.19. The van der Waals surface area contributed by atoms with Gasteiger partial charge in [0.15, 0.2) is 0 Å². The molecule has 158 valence electrons. The monoisotopic (exact) mass is 460 g/mol. The summed E-state index contributed by atoms with van der Waals surface area (Å²) in [7, 11) is 1.73. The molecular weight excluding hydrogens is 444 g/mol. The lowest BCUT2D eigenvalue weighted by Gasteiger charge is -2.18. The van der Waals surface area contributed by atoms with Gasteiger partial charge < -0.3 is 9.47 Å². The van der Waals surface area contributed by atoms with E-state index in [2.05, 4.69) is 0 Å². The number of para-hydroxylation sites is 2. The van der Waals surface area contributed by atoms with E-state index in [4.69, 9.17) is 20.2 Å². The minimum absolute atomic E-state index is 0.00878. The van der Waals surface area contributed by atoms with Crippen LogP contribution < -0.4 is 9.47 Å². The van der Waals surface area contributed by atoms with Gasteiger partial charge in [0.25, 0.3) is 9.05 Å². The van der Waals surface area contributed by atoms with E-state index in [1.54, 1.807) is 6.07 Å². The minimum atomic E-state index is -3.93. The first-order chi connectivity index (χ1) is 15.5. The van der Waals surface area contributed by atoms with Gasteiger partial charge in [-0.05, 0) is 42.5 Å². The van der Waals surface area contributed by atoms with E-state index < -0.39 is 9.05 Å². The molecule has 6 heteroatoms. The predicted molar refractivity (Wildman–Crippen MR) is 128 cm³/mol. The smallest absolute Gasteiger partial charge is 0.261 e. The fourth-order valence-electron chi connectivity index (χ4n) is 3.66. The summed E-state index contributed by atoms with van der Waals surface area (Å²) in [6.45, 7) is 0. The number of fused-ring (bicyclic) bond motifs is 2. The molecule has 0 atom stereocenters. The number of hydrogen-bond acceptors (Lipinski definition) is 4. The summed E-state index contributed by atoms with van der Waals surface area (Å²) in [5, 5.41) is 2.93. The quantitative estimate of drug-likeness (QED) is 0.201. The number of ether oxygens (including phenoxy) is 2. The molecule has 0 heterocycles. The van der Waals surface area contributed by atoms with Crippen molar-refractivity contribution in [3.63, 3.8) is 0 Å². The van der Waals surface area contributed by atoms with Gasteiger partial charge in [-0.3, -0.25) is 0 Å². The number of hydrogen-bond donors (Lipinski definition) is 0. The first-order valence-electron chi connectivity index (χ1n) is 9.90. The Labute approximate surface area is 190 Å². The summed E-state index contributed by atoms with van der Waals surface area (Å²) in [4.78, 5) is -0.00878. The van der Waals surface area contributed by atoms with Crippen LogP contribution in [-0.4, -0.2) is 8.42 Å². The van der Waals surface area contributed by atoms with Gasteiger partial charge in [0, 0.05) is 32.2 Å². The highest BCUT2D eigenvalue weighted by Crippen LogP contribution is 2.46. The lowest BCUT2D eigenvalue weighted by atomic mass is 10.0. The predicted octanol–water partition coefficient (Wildman–Crippen LogP) is 7.51. The third kappa shape index (κ3) is 3.88. The van der Waals surface area contributed by atoms with Gasteiger partial charge in [-0.1, -0.05) is 60.7 Å². The maximum absolute atomic E-state index is 12.1. The summed E-state index contributed by atoms with van der Waals surface area (Å²) in [5.74, 6) is 2.45. The van der Waals surface area contributed by atoms with Gasteiger partial charge in [0.05, 0.1) is 4.90 Å². The van der Waals surface area contributed by atoms with Crippen LogP contribution in [0, 0.1) is 0 Å². The van der Waals surface area contributed by atoms with Gasteiger partial charge in [-0.15, -0.1) is 0 Å². The molecule has 32 heavy (non-hydrogen) atoms. The van der Waals surface area contributed by atoms with E-state index in [1.807, 2.05) is 84.9 Å². The van der Waals surface area contributed by atoms with E-state index in [0.717, 1.165) is 10.8 Å². The zero-order valence-electron chi connectivity index (χ0n) is 16.7. The molecule has 0 amide bonds. The van der Waals surface area contributed by atoms with E-state index in [9.17, 15) is 8.42 Å². The Morgan fingerprint density at radius 2 is 0.969 bits per heavy atom. The van der Waals surface area contributed by atoms with Crippen LogP contribution in [0.4, 0.5) is 0 Å². The molecular formula is C26H17ClO4S. The molecule has 4 nitrogen and oxygen atoms in total. The van der Waals surface area contributed by atoms with Gasteiger partial charge in [-0.2, -0.15) is 0 Å². The lowest BCUT2D eigenvalue weighted by Crippen LogP contribution is -1.96. The summed E-state index contributed by atoms with van der Waals surface area (Å²) < 4.78 is 36.7. The summed E-state index contributed by atoms with van der Waals surface area (Å²) in [6, 6.07) is 31.2. The Morgan fingerprint density at radius 1 is 0.531 bits per heavy atom. The maximum Gasteiger partial charge on any atom is 0.261 e. The van der Waals surface area contributed by atoms with Gasteiger partial charge >= 0.3 is 0 Å². The third-order valence-electron chi connectivity index (χ3n) is 5.10. The highest BCUT2D eigenvalue weighted by Gasteiger charge is 2.20. The largest absolute Gasteiger partial charge is 0.456 e. The molecule has 0 N–H and O–H groups in total. The van der Waals surface area contributed by atoms with Gasteiger partial charge in [-0.25, -0.2) is 8.42 Å². The molecule has 0 aromatic heterocycles. The van der Waals surface area contributed by atoms with E-state index in [-0.39, 0.29) is 4.90 Å². The van der Waals surface area contributed by atoms with Crippen molar-refractivity contribution < 1.29 is 17.9 Å². The van der Waals surface area contributed by atoms with Crippen LogP contribution in [0.5, 0.6) is 23.0 Å². The zero-order chi connectivity index (χ0) is 22.1. The zero-order valence-corrected chi connectivity index (χ0v) is 18.3. The Bertz CT molecular complexity index is 1530. The Morgan fingerprint density at radius 3 is 1.47 bits per heavy atom. The molecule has 0 fully saturated rings. The SMILES string of the molecule is O=S(=O)(Cl)c1ccc2c(Oc3ccccc3)c3ccccc3c(Oc3ccccc3)c2c1. The average Bonchev–Trinajstić information content (AvgIpc) is 2.81. The van der Waals surface area contributed by atoms with Crippen LogP contribution in [0.2, 0.25) is 0 Å². The van der Waals surface area contributed by atoms with E-state index in [0.29, 0.717) is 33.8 Å². The molecule has 0 saturated heterocycles. The molecule has 0 saturated carbocycles. The molecule has 0 unspecified atom stereocenters. The minimum Gasteiger partial charge on any atom is -0.456 e. The molecule has 0 bridgehead atoms. The summed E-state index contributed by atoms with van der Waals surface area (Å²) >= 11 is 0. The number of halogens is 1. The van der Waals surface area contributed by atoms with Gasteiger partial charge in [0.1, 0.15) is 23.0 Å². The van der Waals surface area contributed by atoms with Crippen LogP contribution in [0.1, 0.15) is 0 Å². The van der Waals surface area contributed by atoms with Crippen molar-refractivity contribution >= 4 is 41.3 Å². The van der Waals surface area contributed by atoms with Crippen molar-refractivity contribution in [2.24, 2.45) is 0 Å². The molecule has 5 aromatic carbocycles. The van der Waals surface area contributed by atoms with Crippen LogP contribution in [0.3, 0.4) is 0 Å². The molecule has 0 aliphatic heterocycles. The van der Waals surface area contributed by atoms with Crippen LogP contribution in [-0.2, 0) is 9.05 Å². The van der Waals surface area contributed by atoms with Crippen molar-refractivity contribution in [1.82, 2.24) is 0 Å². The normalized spacial score (nSPS) is 11.5. The standard InChI is InChI=1S/C26H17ClO4S/c27-32(28,29)20-15-16-23-24(17-20)26(31-19-11-5-2-6-12-19)22-14-8-7-13-21(22)25(23)30-18-9-3-1-4-10-18/h1-17H. The topological polar surface area (TPSA) is 52.6 Å². The Balaban J connectivity index is 1.85. The maximum atomic E-state index is 12.1. The molecule has 0 radical (unpaired) electrons. The second-order valence-corrected chi connectivity index (χ2v) is 9.75. The number of benzene rings is 5. The molecule has 0 aliphatic carbocycles. The van der Waals surface area contributed by atoms with Crippen LogP contribution in [0.15, 0.2) is 108 Å².